The molecule has 19 heavy (non-hydrogen) atoms. The van der Waals surface area contributed by atoms with Crippen LogP contribution in [0.5, 0.6) is 5.75 Å². The molecule has 0 fully saturated rings. The highest BCUT2D eigenvalue weighted by Gasteiger charge is 2.16. The van der Waals surface area contributed by atoms with Gasteiger partial charge >= 0.3 is 0 Å². The lowest BCUT2D eigenvalue weighted by Crippen LogP contribution is -2.10. The Morgan fingerprint density at radius 2 is 1.95 bits per heavy atom. The van der Waals surface area contributed by atoms with Crippen LogP contribution in [0, 0.1) is 0 Å². The van der Waals surface area contributed by atoms with Crippen molar-refractivity contribution in [2.45, 2.75) is 32.9 Å². The maximum absolute atomic E-state index is 11.9. The van der Waals surface area contributed by atoms with E-state index >= 15 is 0 Å². The normalized spacial score (nSPS) is 11.3. The summed E-state index contributed by atoms with van der Waals surface area (Å²) in [5.41, 5.74) is 1.06. The second-order valence-electron chi connectivity index (χ2n) is 4.40. The maximum Gasteiger partial charge on any atom is 0.159 e. The minimum absolute atomic E-state index is 0.0859. The molecule has 0 unspecified atom stereocenters. The van der Waals surface area contributed by atoms with Gasteiger partial charge in [-0.1, -0.05) is 6.92 Å². The second kappa shape index (κ2) is 6.70. The van der Waals surface area contributed by atoms with Crippen molar-refractivity contribution in [2.75, 3.05) is 12.4 Å². The average molecular weight is 284 g/mol. The molecule has 0 aliphatic carbocycles. The summed E-state index contributed by atoms with van der Waals surface area (Å²) in [6.07, 6.45) is 0.582. The van der Waals surface area contributed by atoms with Gasteiger partial charge in [-0.3, -0.25) is 4.79 Å². The number of ketones is 1. The van der Waals surface area contributed by atoms with Crippen LogP contribution in [0.2, 0.25) is 0 Å². The van der Waals surface area contributed by atoms with E-state index in [-0.39, 0.29) is 17.3 Å². The van der Waals surface area contributed by atoms with Crippen LogP contribution in [0.4, 0.5) is 0 Å². The molecular formula is C14H20O4S. The number of carbonyl (C=O) groups excluding carboxylic acids is 1. The van der Waals surface area contributed by atoms with Gasteiger partial charge in [-0.05, 0) is 38.5 Å². The van der Waals surface area contributed by atoms with Gasteiger partial charge in [0.25, 0.3) is 0 Å². The first-order valence-corrected chi connectivity index (χ1v) is 8.18. The summed E-state index contributed by atoms with van der Waals surface area (Å²) in [6.45, 7) is 5.58. The summed E-state index contributed by atoms with van der Waals surface area (Å²) in [5, 5.41) is 0. The van der Waals surface area contributed by atoms with Crippen LogP contribution in [0.1, 0.15) is 43.1 Å². The number of benzene rings is 1. The summed E-state index contributed by atoms with van der Waals surface area (Å²) in [6, 6.07) is 4.93. The molecule has 0 atom stereocenters. The third kappa shape index (κ3) is 4.67. The van der Waals surface area contributed by atoms with Gasteiger partial charge in [0.05, 0.1) is 18.1 Å². The Bertz CT molecular complexity index is 547. The first kappa shape index (κ1) is 15.7. The number of sulfone groups is 1. The van der Waals surface area contributed by atoms with Gasteiger partial charge in [0.1, 0.15) is 5.75 Å². The lowest BCUT2D eigenvalue weighted by atomic mass is 10.1. The molecule has 1 aromatic carbocycles. The van der Waals surface area contributed by atoms with E-state index in [1.165, 1.54) is 6.92 Å². The Labute approximate surface area is 114 Å². The lowest BCUT2D eigenvalue weighted by Gasteiger charge is -2.11. The summed E-state index contributed by atoms with van der Waals surface area (Å²) >= 11 is 0. The van der Waals surface area contributed by atoms with Crippen LogP contribution < -0.4 is 4.74 Å². The first-order valence-electron chi connectivity index (χ1n) is 6.36. The quantitative estimate of drug-likeness (QED) is 0.722. The van der Waals surface area contributed by atoms with Crippen molar-refractivity contribution < 1.29 is 17.9 Å². The molecule has 4 nitrogen and oxygen atoms in total. The summed E-state index contributed by atoms with van der Waals surface area (Å²) in [7, 11) is -3.16. The first-order chi connectivity index (χ1) is 8.89. The van der Waals surface area contributed by atoms with Gasteiger partial charge in [-0.2, -0.15) is 0 Å². The lowest BCUT2D eigenvalue weighted by molar-refractivity contribution is 0.101. The molecule has 0 aromatic heterocycles. The van der Waals surface area contributed by atoms with Gasteiger partial charge in [-0.15, -0.1) is 0 Å². The van der Waals surface area contributed by atoms with Crippen LogP contribution in [0.3, 0.4) is 0 Å². The topological polar surface area (TPSA) is 60.4 Å². The van der Waals surface area contributed by atoms with E-state index < -0.39 is 9.84 Å². The molecule has 5 heteroatoms. The number of carbonyl (C=O) groups is 1. The smallest absolute Gasteiger partial charge is 0.159 e. The van der Waals surface area contributed by atoms with Crippen molar-refractivity contribution in [1.29, 1.82) is 0 Å². The maximum atomic E-state index is 11.9. The average Bonchev–Trinajstić information content (AvgIpc) is 2.30. The van der Waals surface area contributed by atoms with Crippen LogP contribution in [0.15, 0.2) is 18.2 Å². The Hall–Kier alpha value is -1.36. The molecule has 0 bridgehead atoms. The zero-order chi connectivity index (χ0) is 14.5. The fraction of sp³-hybridized carbons (Fsp3) is 0.500. The van der Waals surface area contributed by atoms with Crippen molar-refractivity contribution in [3.8, 4) is 5.75 Å². The molecule has 0 saturated heterocycles. The monoisotopic (exact) mass is 284 g/mol. The van der Waals surface area contributed by atoms with E-state index in [0.29, 0.717) is 29.9 Å². The summed E-state index contributed by atoms with van der Waals surface area (Å²) in [4.78, 5) is 11.4. The van der Waals surface area contributed by atoms with Crippen LogP contribution in [0.25, 0.3) is 0 Å². The van der Waals surface area contributed by atoms with Crippen molar-refractivity contribution >= 4 is 15.6 Å². The SMILES string of the molecule is CCCS(=O)(=O)Cc1cc(C(C)=O)ccc1OCC. The van der Waals surface area contributed by atoms with Crippen LogP contribution in [-0.4, -0.2) is 26.6 Å². The molecule has 0 radical (unpaired) electrons. The van der Waals surface area contributed by atoms with Crippen molar-refractivity contribution in [3.05, 3.63) is 29.3 Å². The van der Waals surface area contributed by atoms with Crippen molar-refractivity contribution in [3.63, 3.8) is 0 Å². The summed E-state index contributed by atoms with van der Waals surface area (Å²) < 4.78 is 29.2. The van der Waals surface area contributed by atoms with E-state index in [0.717, 1.165) is 0 Å². The zero-order valence-electron chi connectivity index (χ0n) is 11.6. The molecule has 0 spiro atoms. The van der Waals surface area contributed by atoms with Crippen molar-refractivity contribution in [1.82, 2.24) is 0 Å². The van der Waals surface area contributed by atoms with E-state index in [2.05, 4.69) is 0 Å². The highest BCUT2D eigenvalue weighted by atomic mass is 32.2. The van der Waals surface area contributed by atoms with Gasteiger partial charge < -0.3 is 4.74 Å². The van der Waals surface area contributed by atoms with Gasteiger partial charge in [0, 0.05) is 11.1 Å². The predicted octanol–water partition coefficient (Wildman–Crippen LogP) is 2.61. The van der Waals surface area contributed by atoms with E-state index in [4.69, 9.17) is 4.74 Å². The molecule has 1 aromatic rings. The standard InChI is InChI=1S/C14H20O4S/c1-4-8-19(16,17)10-13-9-12(11(3)15)6-7-14(13)18-5-2/h6-7,9H,4-5,8,10H2,1-3H3. The second-order valence-corrected chi connectivity index (χ2v) is 6.59. The zero-order valence-corrected chi connectivity index (χ0v) is 12.4. The van der Waals surface area contributed by atoms with E-state index in [1.807, 2.05) is 13.8 Å². The summed E-state index contributed by atoms with van der Waals surface area (Å²) in [5.74, 6) is 0.504. The van der Waals surface area contributed by atoms with Gasteiger partial charge in [0.15, 0.2) is 15.6 Å². The Balaban J connectivity index is 3.14. The number of rotatable bonds is 7. The Morgan fingerprint density at radius 3 is 2.47 bits per heavy atom. The number of ether oxygens (including phenoxy) is 1. The Kier molecular flexibility index (Phi) is 5.54. The highest BCUT2D eigenvalue weighted by Crippen LogP contribution is 2.23. The minimum Gasteiger partial charge on any atom is -0.494 e. The third-order valence-corrected chi connectivity index (χ3v) is 4.44. The minimum atomic E-state index is -3.16. The number of hydrogen-bond acceptors (Lipinski definition) is 4. The van der Waals surface area contributed by atoms with Crippen LogP contribution >= 0.6 is 0 Å². The Morgan fingerprint density at radius 1 is 1.26 bits per heavy atom. The molecule has 0 N–H and O–H groups in total. The van der Waals surface area contributed by atoms with Crippen molar-refractivity contribution in [2.24, 2.45) is 0 Å². The number of hydrogen-bond donors (Lipinski definition) is 0. The van der Waals surface area contributed by atoms with E-state index in [1.54, 1.807) is 18.2 Å². The molecule has 0 aliphatic heterocycles. The molecule has 0 saturated carbocycles. The van der Waals surface area contributed by atoms with Crippen LogP contribution in [-0.2, 0) is 15.6 Å². The van der Waals surface area contributed by atoms with E-state index in [9.17, 15) is 13.2 Å². The molecule has 106 valence electrons. The number of Topliss-reactive ketones (excluding diaryl/α,β-unsaturated/α-hetero) is 1. The van der Waals surface area contributed by atoms with Gasteiger partial charge in [-0.25, -0.2) is 8.42 Å². The molecule has 0 amide bonds. The molecule has 0 aliphatic rings. The fourth-order valence-electron chi connectivity index (χ4n) is 1.83. The highest BCUT2D eigenvalue weighted by molar-refractivity contribution is 7.90. The van der Waals surface area contributed by atoms with Gasteiger partial charge in [0.2, 0.25) is 0 Å². The third-order valence-electron chi connectivity index (χ3n) is 2.66. The predicted molar refractivity (Wildman–Crippen MR) is 75.4 cm³/mol. The molecule has 0 heterocycles. The fourth-order valence-corrected chi connectivity index (χ4v) is 3.29. The molecule has 1 rings (SSSR count). The largest absolute Gasteiger partial charge is 0.494 e. The molecular weight excluding hydrogens is 264 g/mol.